The monoisotopic (exact) mass is 306 g/mol. The Morgan fingerprint density at radius 3 is 2.40 bits per heavy atom. The summed E-state index contributed by atoms with van der Waals surface area (Å²) in [5, 5.41) is 3.39. The zero-order valence-corrected chi connectivity index (χ0v) is 13.0. The van der Waals surface area contributed by atoms with Gasteiger partial charge in [0.15, 0.2) is 0 Å². The van der Waals surface area contributed by atoms with Gasteiger partial charge in [0, 0.05) is 19.1 Å². The molecule has 0 aliphatic heterocycles. The van der Waals surface area contributed by atoms with E-state index >= 15 is 0 Å². The van der Waals surface area contributed by atoms with E-state index in [4.69, 9.17) is 0 Å². The van der Waals surface area contributed by atoms with E-state index in [-0.39, 0.29) is 12.2 Å². The van der Waals surface area contributed by atoms with Gasteiger partial charge in [0.05, 0.1) is 19.3 Å². The number of methoxy groups -OCH3 is 1. The number of esters is 1. The fourth-order valence-electron chi connectivity index (χ4n) is 2.36. The van der Waals surface area contributed by atoms with Gasteiger partial charge in [0.2, 0.25) is 10.0 Å². The maximum absolute atomic E-state index is 11.6. The molecule has 0 heterocycles. The van der Waals surface area contributed by atoms with Gasteiger partial charge in [-0.05, 0) is 12.8 Å². The number of carbonyl (C=O) groups is 1. The first kappa shape index (κ1) is 17.4. The molecule has 1 fully saturated rings. The second kappa shape index (κ2) is 9.31. The third-order valence-corrected chi connectivity index (χ3v) is 4.92. The van der Waals surface area contributed by atoms with Gasteiger partial charge in [-0.15, -0.1) is 0 Å². The molecule has 0 aromatic heterocycles. The Morgan fingerprint density at radius 2 is 1.80 bits per heavy atom. The Morgan fingerprint density at radius 1 is 1.15 bits per heavy atom. The molecule has 1 aliphatic rings. The molecule has 1 aliphatic carbocycles. The van der Waals surface area contributed by atoms with Crippen LogP contribution in [0.4, 0.5) is 0 Å². The number of rotatable bonds is 8. The number of hydrogen-bond donors (Lipinski definition) is 2. The largest absolute Gasteiger partial charge is 0.469 e. The van der Waals surface area contributed by atoms with Gasteiger partial charge in [-0.25, -0.2) is 13.1 Å². The highest BCUT2D eigenvalue weighted by Gasteiger charge is 2.14. The van der Waals surface area contributed by atoms with Crippen molar-refractivity contribution < 1.29 is 17.9 Å². The van der Waals surface area contributed by atoms with Crippen LogP contribution in [0.25, 0.3) is 0 Å². The molecule has 0 amide bonds. The lowest BCUT2D eigenvalue weighted by molar-refractivity contribution is -0.140. The standard InChI is InChI=1S/C13H26N2O4S/c1-19-13(16)8-11-20(17,18)15-10-9-14-12-6-4-2-3-5-7-12/h12,14-15H,2-11H2,1H3. The van der Waals surface area contributed by atoms with E-state index in [9.17, 15) is 13.2 Å². The molecule has 0 atom stereocenters. The maximum atomic E-state index is 11.6. The zero-order chi connectivity index (χ0) is 14.8. The van der Waals surface area contributed by atoms with Crippen LogP contribution >= 0.6 is 0 Å². The van der Waals surface area contributed by atoms with Crippen molar-refractivity contribution in [3.05, 3.63) is 0 Å². The van der Waals surface area contributed by atoms with E-state index in [1.165, 1.54) is 45.6 Å². The molecule has 1 saturated carbocycles. The van der Waals surface area contributed by atoms with Crippen molar-refractivity contribution in [1.29, 1.82) is 0 Å². The first-order valence-electron chi connectivity index (χ1n) is 7.31. The van der Waals surface area contributed by atoms with Crippen LogP contribution in [-0.4, -0.2) is 46.4 Å². The second-order valence-corrected chi connectivity index (χ2v) is 7.11. The first-order valence-corrected chi connectivity index (χ1v) is 8.96. The van der Waals surface area contributed by atoms with Crippen molar-refractivity contribution in [1.82, 2.24) is 10.0 Å². The number of sulfonamides is 1. The molecule has 0 aromatic carbocycles. The van der Waals surface area contributed by atoms with Crippen molar-refractivity contribution in [2.24, 2.45) is 0 Å². The zero-order valence-electron chi connectivity index (χ0n) is 12.2. The molecule has 0 spiro atoms. The van der Waals surface area contributed by atoms with Gasteiger partial charge in [0.25, 0.3) is 0 Å². The molecule has 20 heavy (non-hydrogen) atoms. The van der Waals surface area contributed by atoms with Crippen LogP contribution in [0, 0.1) is 0 Å². The summed E-state index contributed by atoms with van der Waals surface area (Å²) in [5.74, 6) is -0.727. The summed E-state index contributed by atoms with van der Waals surface area (Å²) in [6, 6.07) is 0.511. The normalized spacial score (nSPS) is 17.6. The highest BCUT2D eigenvalue weighted by atomic mass is 32.2. The minimum Gasteiger partial charge on any atom is -0.469 e. The maximum Gasteiger partial charge on any atom is 0.306 e. The van der Waals surface area contributed by atoms with Crippen LogP contribution in [0.2, 0.25) is 0 Å². The number of ether oxygens (including phenoxy) is 1. The van der Waals surface area contributed by atoms with Crippen LogP contribution in [0.5, 0.6) is 0 Å². The number of carbonyl (C=O) groups excluding carboxylic acids is 1. The van der Waals surface area contributed by atoms with E-state index < -0.39 is 16.0 Å². The van der Waals surface area contributed by atoms with Crippen LogP contribution < -0.4 is 10.0 Å². The highest BCUT2D eigenvalue weighted by Crippen LogP contribution is 2.16. The molecule has 0 bridgehead atoms. The molecule has 0 radical (unpaired) electrons. The van der Waals surface area contributed by atoms with Gasteiger partial charge < -0.3 is 10.1 Å². The van der Waals surface area contributed by atoms with Crippen LogP contribution in [0.15, 0.2) is 0 Å². The Labute approximate surface area is 121 Å². The van der Waals surface area contributed by atoms with Gasteiger partial charge in [0.1, 0.15) is 0 Å². The Hall–Kier alpha value is -0.660. The molecule has 6 nitrogen and oxygen atoms in total. The third-order valence-electron chi connectivity index (χ3n) is 3.54. The van der Waals surface area contributed by atoms with Crippen molar-refractivity contribution in [2.75, 3.05) is 26.0 Å². The predicted octanol–water partition coefficient (Wildman–Crippen LogP) is 0.781. The van der Waals surface area contributed by atoms with E-state index in [1.54, 1.807) is 0 Å². The first-order chi connectivity index (χ1) is 9.53. The predicted molar refractivity (Wildman–Crippen MR) is 77.9 cm³/mol. The summed E-state index contributed by atoms with van der Waals surface area (Å²) in [7, 11) is -2.14. The Bertz CT molecular complexity index is 376. The highest BCUT2D eigenvalue weighted by molar-refractivity contribution is 7.89. The molecule has 2 N–H and O–H groups in total. The van der Waals surface area contributed by atoms with Crippen molar-refractivity contribution in [3.63, 3.8) is 0 Å². The van der Waals surface area contributed by atoms with E-state index in [2.05, 4.69) is 14.8 Å². The lowest BCUT2D eigenvalue weighted by atomic mass is 10.1. The lowest BCUT2D eigenvalue weighted by Gasteiger charge is -2.16. The average molecular weight is 306 g/mol. The summed E-state index contributed by atoms with van der Waals surface area (Å²) in [6.07, 6.45) is 7.35. The average Bonchev–Trinajstić information content (AvgIpc) is 2.70. The Balaban J connectivity index is 2.14. The number of hydrogen-bond acceptors (Lipinski definition) is 5. The SMILES string of the molecule is COC(=O)CCS(=O)(=O)NCCNC1CCCCCC1. The van der Waals surface area contributed by atoms with Crippen LogP contribution in [-0.2, 0) is 19.6 Å². The summed E-state index contributed by atoms with van der Waals surface area (Å²) >= 11 is 0. The second-order valence-electron chi connectivity index (χ2n) is 5.18. The number of nitrogens with one attached hydrogen (secondary N) is 2. The molecule has 118 valence electrons. The quantitative estimate of drug-likeness (QED) is 0.393. The van der Waals surface area contributed by atoms with Crippen molar-refractivity contribution in [3.8, 4) is 0 Å². The van der Waals surface area contributed by atoms with Crippen molar-refractivity contribution >= 4 is 16.0 Å². The minimum absolute atomic E-state index is 0.109. The van der Waals surface area contributed by atoms with Gasteiger partial charge in [-0.3, -0.25) is 4.79 Å². The van der Waals surface area contributed by atoms with E-state index in [0.29, 0.717) is 19.1 Å². The van der Waals surface area contributed by atoms with Gasteiger partial charge >= 0.3 is 5.97 Å². The van der Waals surface area contributed by atoms with Gasteiger partial charge in [-0.1, -0.05) is 25.7 Å². The molecular weight excluding hydrogens is 280 g/mol. The van der Waals surface area contributed by atoms with Crippen LogP contribution in [0.1, 0.15) is 44.9 Å². The van der Waals surface area contributed by atoms with Crippen molar-refractivity contribution in [2.45, 2.75) is 51.0 Å². The third kappa shape index (κ3) is 7.81. The summed E-state index contributed by atoms with van der Waals surface area (Å²) < 4.78 is 30.1. The summed E-state index contributed by atoms with van der Waals surface area (Å²) in [6.45, 7) is 0.988. The molecule has 0 unspecified atom stereocenters. The Kier molecular flexibility index (Phi) is 8.09. The van der Waals surface area contributed by atoms with Gasteiger partial charge in [-0.2, -0.15) is 0 Å². The lowest BCUT2D eigenvalue weighted by Crippen LogP contribution is -2.37. The molecule has 0 aromatic rings. The fraction of sp³-hybridized carbons (Fsp3) is 0.923. The molecule has 0 saturated heterocycles. The van der Waals surface area contributed by atoms with E-state index in [0.717, 1.165) is 0 Å². The topological polar surface area (TPSA) is 84.5 Å². The van der Waals surface area contributed by atoms with Crippen LogP contribution in [0.3, 0.4) is 0 Å². The summed E-state index contributed by atoms with van der Waals surface area (Å²) in [5.41, 5.74) is 0. The molecular formula is C13H26N2O4S. The minimum atomic E-state index is -3.39. The fourth-order valence-corrected chi connectivity index (χ4v) is 3.35. The molecule has 7 heteroatoms. The smallest absolute Gasteiger partial charge is 0.306 e. The molecule has 1 rings (SSSR count). The summed E-state index contributed by atoms with van der Waals surface area (Å²) in [4.78, 5) is 10.9. The van der Waals surface area contributed by atoms with E-state index in [1.807, 2.05) is 0 Å².